The number of carbonyl (C=O) groups is 1. The van der Waals surface area contributed by atoms with Gasteiger partial charge in [-0.2, -0.15) is 11.8 Å². The summed E-state index contributed by atoms with van der Waals surface area (Å²) >= 11 is 7.91. The fourth-order valence-corrected chi connectivity index (χ4v) is 2.59. The fraction of sp³-hybridized carbons (Fsp3) is 0.909. The summed E-state index contributed by atoms with van der Waals surface area (Å²) in [5.41, 5.74) is 0. The first kappa shape index (κ1) is 13.2. The molecule has 0 spiro atoms. The molecule has 0 saturated carbocycles. The van der Waals surface area contributed by atoms with Crippen LogP contribution in [0.1, 0.15) is 32.1 Å². The Balaban J connectivity index is 2.24. The van der Waals surface area contributed by atoms with Crippen molar-refractivity contribution in [2.45, 2.75) is 37.5 Å². The number of alkyl halides is 1. The molecule has 2 nitrogen and oxygen atoms in total. The first-order valence-corrected chi connectivity index (χ1v) is 7.50. The Kier molecular flexibility index (Phi) is 6.50. The molecule has 1 saturated heterocycles. The van der Waals surface area contributed by atoms with Crippen LogP contribution >= 0.6 is 23.4 Å². The first-order chi connectivity index (χ1) is 7.25. The maximum absolute atomic E-state index is 11.9. The molecule has 0 aromatic heterocycles. The maximum atomic E-state index is 11.9. The maximum Gasteiger partial charge on any atom is 0.240 e. The number of nitrogens with zero attached hydrogens (tertiary/aromatic N) is 1. The van der Waals surface area contributed by atoms with E-state index < -0.39 is 0 Å². The van der Waals surface area contributed by atoms with E-state index in [9.17, 15) is 4.79 Å². The van der Waals surface area contributed by atoms with Crippen molar-refractivity contribution in [1.29, 1.82) is 0 Å². The molecule has 0 bridgehead atoms. The average Bonchev–Trinajstić information content (AvgIpc) is 2.29. The molecule has 1 amide bonds. The van der Waals surface area contributed by atoms with Gasteiger partial charge in [-0.05, 0) is 44.1 Å². The van der Waals surface area contributed by atoms with Gasteiger partial charge in [-0.3, -0.25) is 4.79 Å². The van der Waals surface area contributed by atoms with E-state index >= 15 is 0 Å². The third-order valence-corrected chi connectivity index (χ3v) is 3.84. The summed E-state index contributed by atoms with van der Waals surface area (Å²) in [6, 6.07) is 0. The van der Waals surface area contributed by atoms with Gasteiger partial charge in [0.25, 0.3) is 0 Å². The van der Waals surface area contributed by atoms with Gasteiger partial charge in [0.1, 0.15) is 5.38 Å². The third-order valence-electron chi connectivity index (χ3n) is 2.74. The summed E-state index contributed by atoms with van der Waals surface area (Å²) in [5.74, 6) is 1.24. The molecule has 0 aromatic rings. The number of hydrogen-bond acceptors (Lipinski definition) is 2. The average molecular weight is 250 g/mol. The molecule has 1 unspecified atom stereocenters. The van der Waals surface area contributed by atoms with E-state index in [0.29, 0.717) is 0 Å². The Hall–Kier alpha value is 0.110. The van der Waals surface area contributed by atoms with E-state index in [-0.39, 0.29) is 11.3 Å². The van der Waals surface area contributed by atoms with Crippen LogP contribution in [0.5, 0.6) is 0 Å². The minimum Gasteiger partial charge on any atom is -0.341 e. The van der Waals surface area contributed by atoms with Gasteiger partial charge < -0.3 is 4.90 Å². The van der Waals surface area contributed by atoms with E-state index in [2.05, 4.69) is 6.26 Å². The number of likely N-dealkylation sites (tertiary alicyclic amines) is 1. The van der Waals surface area contributed by atoms with Crippen molar-refractivity contribution in [3.05, 3.63) is 0 Å². The highest BCUT2D eigenvalue weighted by Crippen LogP contribution is 2.15. The van der Waals surface area contributed by atoms with Gasteiger partial charge >= 0.3 is 0 Å². The van der Waals surface area contributed by atoms with Crippen molar-refractivity contribution in [3.63, 3.8) is 0 Å². The predicted molar refractivity (Wildman–Crippen MR) is 67.7 cm³/mol. The summed E-state index contributed by atoms with van der Waals surface area (Å²) in [4.78, 5) is 13.8. The minimum absolute atomic E-state index is 0.150. The molecule has 1 heterocycles. The molecule has 1 aliphatic heterocycles. The Morgan fingerprint density at radius 3 is 2.67 bits per heavy atom. The van der Waals surface area contributed by atoms with Crippen molar-refractivity contribution < 1.29 is 4.79 Å². The van der Waals surface area contributed by atoms with Gasteiger partial charge in [0, 0.05) is 13.1 Å². The van der Waals surface area contributed by atoms with E-state index in [1.165, 1.54) is 6.42 Å². The number of amides is 1. The molecule has 4 heteroatoms. The van der Waals surface area contributed by atoms with Crippen LogP contribution in [-0.4, -0.2) is 41.3 Å². The topological polar surface area (TPSA) is 20.3 Å². The van der Waals surface area contributed by atoms with Crippen molar-refractivity contribution >= 4 is 29.3 Å². The van der Waals surface area contributed by atoms with Crippen molar-refractivity contribution in [1.82, 2.24) is 4.90 Å². The second-order valence-electron chi connectivity index (χ2n) is 3.99. The van der Waals surface area contributed by atoms with Crippen LogP contribution in [0, 0.1) is 0 Å². The van der Waals surface area contributed by atoms with Crippen LogP contribution in [0.25, 0.3) is 0 Å². The lowest BCUT2D eigenvalue weighted by atomic mass is 10.1. The molecule has 1 atom stereocenters. The highest BCUT2D eigenvalue weighted by atomic mass is 35.5. The van der Waals surface area contributed by atoms with Crippen LogP contribution < -0.4 is 0 Å². The monoisotopic (exact) mass is 249 g/mol. The minimum atomic E-state index is -0.296. The molecule has 1 rings (SSSR count). The smallest absolute Gasteiger partial charge is 0.240 e. The Labute approximate surface area is 102 Å². The quantitative estimate of drug-likeness (QED) is 0.552. The van der Waals surface area contributed by atoms with E-state index in [4.69, 9.17) is 11.6 Å². The largest absolute Gasteiger partial charge is 0.341 e. The number of piperidine rings is 1. The molecule has 0 N–H and O–H groups in total. The standard InChI is InChI=1S/C11H20ClNOS/c1-15-9-5-6-10(12)11(14)13-7-3-2-4-8-13/h10H,2-9H2,1H3. The van der Waals surface area contributed by atoms with Crippen LogP contribution in [0.2, 0.25) is 0 Å². The predicted octanol–water partition coefficient (Wildman–Crippen LogP) is 2.75. The Bertz CT molecular complexity index is 195. The Morgan fingerprint density at radius 2 is 2.07 bits per heavy atom. The van der Waals surface area contributed by atoms with E-state index in [1.54, 1.807) is 0 Å². The number of hydrogen-bond donors (Lipinski definition) is 0. The zero-order chi connectivity index (χ0) is 11.1. The molecular weight excluding hydrogens is 230 g/mol. The van der Waals surface area contributed by atoms with Gasteiger partial charge in [0.2, 0.25) is 5.91 Å². The number of rotatable bonds is 5. The van der Waals surface area contributed by atoms with Gasteiger partial charge in [-0.25, -0.2) is 0 Å². The van der Waals surface area contributed by atoms with Crippen LogP contribution in [0.3, 0.4) is 0 Å². The number of thioether (sulfide) groups is 1. The Morgan fingerprint density at radius 1 is 1.40 bits per heavy atom. The molecule has 1 fully saturated rings. The molecule has 1 aliphatic rings. The molecule has 0 aromatic carbocycles. The van der Waals surface area contributed by atoms with Crippen LogP contribution in [-0.2, 0) is 4.79 Å². The summed E-state index contributed by atoms with van der Waals surface area (Å²) < 4.78 is 0. The normalized spacial score (nSPS) is 18.9. The second kappa shape index (κ2) is 7.39. The highest BCUT2D eigenvalue weighted by Gasteiger charge is 2.22. The highest BCUT2D eigenvalue weighted by molar-refractivity contribution is 7.98. The molecule has 0 radical (unpaired) electrons. The van der Waals surface area contributed by atoms with E-state index in [1.807, 2.05) is 16.7 Å². The van der Waals surface area contributed by atoms with Crippen molar-refractivity contribution in [2.24, 2.45) is 0 Å². The third kappa shape index (κ3) is 4.64. The zero-order valence-electron chi connectivity index (χ0n) is 9.38. The molecule has 15 heavy (non-hydrogen) atoms. The summed E-state index contributed by atoms with van der Waals surface area (Å²) in [6.07, 6.45) is 7.46. The zero-order valence-corrected chi connectivity index (χ0v) is 10.9. The number of halogens is 1. The second-order valence-corrected chi connectivity index (χ2v) is 5.50. The van der Waals surface area contributed by atoms with Crippen LogP contribution in [0.4, 0.5) is 0 Å². The van der Waals surface area contributed by atoms with Crippen molar-refractivity contribution in [2.75, 3.05) is 25.1 Å². The molecule has 88 valence electrons. The lowest BCUT2D eigenvalue weighted by molar-refractivity contribution is -0.131. The molecule has 0 aliphatic carbocycles. The SMILES string of the molecule is CSCCCC(Cl)C(=O)N1CCCCC1. The first-order valence-electron chi connectivity index (χ1n) is 5.67. The van der Waals surface area contributed by atoms with E-state index in [0.717, 1.165) is 44.5 Å². The lowest BCUT2D eigenvalue weighted by Gasteiger charge is -2.28. The number of carbonyl (C=O) groups excluding carboxylic acids is 1. The summed E-state index contributed by atoms with van der Waals surface area (Å²) in [5, 5.41) is -0.296. The lowest BCUT2D eigenvalue weighted by Crippen LogP contribution is -2.40. The fourth-order valence-electron chi connectivity index (χ4n) is 1.84. The van der Waals surface area contributed by atoms with Gasteiger partial charge in [-0.1, -0.05) is 0 Å². The van der Waals surface area contributed by atoms with Gasteiger partial charge in [-0.15, -0.1) is 11.6 Å². The summed E-state index contributed by atoms with van der Waals surface area (Å²) in [6.45, 7) is 1.81. The van der Waals surface area contributed by atoms with Crippen molar-refractivity contribution in [3.8, 4) is 0 Å². The van der Waals surface area contributed by atoms with Gasteiger partial charge in [0.15, 0.2) is 0 Å². The van der Waals surface area contributed by atoms with Gasteiger partial charge in [0.05, 0.1) is 0 Å². The van der Waals surface area contributed by atoms with Crippen LogP contribution in [0.15, 0.2) is 0 Å². The molecular formula is C11H20ClNOS. The summed E-state index contributed by atoms with van der Waals surface area (Å²) in [7, 11) is 0.